The smallest absolute Gasteiger partial charge is 0.408 e. The summed E-state index contributed by atoms with van der Waals surface area (Å²) in [5.74, 6) is -1.65. The second-order valence-corrected chi connectivity index (χ2v) is 10.4. The highest BCUT2D eigenvalue weighted by Gasteiger charge is 2.43. The number of hydrogen-bond acceptors (Lipinski definition) is 7. The van der Waals surface area contributed by atoms with E-state index >= 15 is 0 Å². The molecule has 0 saturated carbocycles. The first-order valence-corrected chi connectivity index (χ1v) is 12.8. The van der Waals surface area contributed by atoms with E-state index in [9.17, 15) is 24.3 Å². The second kappa shape index (κ2) is 14.5. The molecule has 0 radical (unpaired) electrons. The summed E-state index contributed by atoms with van der Waals surface area (Å²) in [5, 5.41) is 15.2. The number of aliphatic hydroxyl groups excluding tert-OH is 1. The lowest BCUT2D eigenvalue weighted by Gasteiger charge is -2.44. The van der Waals surface area contributed by atoms with E-state index in [1.165, 1.54) is 4.90 Å². The molecule has 0 aliphatic rings. The van der Waals surface area contributed by atoms with Crippen molar-refractivity contribution in [3.8, 4) is 0 Å². The number of nitrogens with one attached hydrogen (secondary N) is 2. The molecule has 0 aliphatic heterocycles. The Kier molecular flexibility index (Phi) is 12.5. The first-order valence-electron chi connectivity index (χ1n) is 12.8. The summed E-state index contributed by atoms with van der Waals surface area (Å²) < 4.78 is 10.2. The minimum atomic E-state index is -1.37. The Labute approximate surface area is 225 Å². The van der Waals surface area contributed by atoms with Crippen molar-refractivity contribution < 1.29 is 33.8 Å². The summed E-state index contributed by atoms with van der Waals surface area (Å²) in [6, 6.07) is 4.49. The first-order chi connectivity index (χ1) is 17.7. The van der Waals surface area contributed by atoms with Gasteiger partial charge in [-0.1, -0.05) is 37.8 Å². The van der Waals surface area contributed by atoms with Gasteiger partial charge in [-0.2, -0.15) is 0 Å². The zero-order valence-corrected chi connectivity index (χ0v) is 23.6. The third kappa shape index (κ3) is 9.81. The molecule has 3 amide bonds. The molecule has 38 heavy (non-hydrogen) atoms. The number of benzene rings is 1. The third-order valence-electron chi connectivity index (χ3n) is 5.83. The number of carbonyl (C=O) groups is 4. The zero-order chi connectivity index (χ0) is 29.1. The van der Waals surface area contributed by atoms with Gasteiger partial charge < -0.3 is 30.1 Å². The molecule has 0 aliphatic carbocycles. The Balaban J connectivity index is 3.51. The molecule has 2 unspecified atom stereocenters. The minimum absolute atomic E-state index is 0.00346. The molecule has 0 fully saturated rings. The van der Waals surface area contributed by atoms with Crippen LogP contribution in [0.25, 0.3) is 6.08 Å². The molecule has 0 saturated heterocycles. The van der Waals surface area contributed by atoms with E-state index in [1.54, 1.807) is 65.8 Å². The fourth-order valence-corrected chi connectivity index (χ4v) is 3.64. The van der Waals surface area contributed by atoms with Crippen LogP contribution in [0.4, 0.5) is 4.79 Å². The summed E-state index contributed by atoms with van der Waals surface area (Å²) in [6.07, 6.45) is 1.17. The predicted octanol–water partition coefficient (Wildman–Crippen LogP) is 3.34. The van der Waals surface area contributed by atoms with E-state index in [1.807, 2.05) is 13.0 Å². The van der Waals surface area contributed by atoms with E-state index in [0.29, 0.717) is 12.0 Å². The van der Waals surface area contributed by atoms with Crippen molar-refractivity contribution in [1.29, 1.82) is 0 Å². The first kappa shape index (κ1) is 32.6. The number of alkyl carbamates (subject to hydrolysis) is 1. The van der Waals surface area contributed by atoms with E-state index in [4.69, 9.17) is 9.47 Å². The maximum absolute atomic E-state index is 13.9. The zero-order valence-electron chi connectivity index (χ0n) is 23.6. The van der Waals surface area contributed by atoms with E-state index in [-0.39, 0.29) is 19.6 Å². The number of rotatable bonds is 13. The lowest BCUT2D eigenvalue weighted by Crippen LogP contribution is -2.60. The number of aliphatic hydroxyl groups is 1. The highest BCUT2D eigenvalue weighted by atomic mass is 16.6. The van der Waals surface area contributed by atoms with Crippen molar-refractivity contribution in [2.45, 2.75) is 84.5 Å². The van der Waals surface area contributed by atoms with Gasteiger partial charge in [0.1, 0.15) is 17.7 Å². The SMILES string of the molecule is C=Cc1cccc(C(C(=O)NCCC(=O)OCC)N(C(=O)C(CO)NC(=O)OC(C)(C)C)C(C)(C)CC)c1. The van der Waals surface area contributed by atoms with Gasteiger partial charge in [-0.05, 0) is 65.2 Å². The lowest BCUT2D eigenvalue weighted by atomic mass is 9.91. The van der Waals surface area contributed by atoms with Crippen molar-refractivity contribution in [3.63, 3.8) is 0 Å². The van der Waals surface area contributed by atoms with Gasteiger partial charge >= 0.3 is 12.1 Å². The van der Waals surface area contributed by atoms with Gasteiger partial charge in [0.05, 0.1) is 19.6 Å². The Hall–Kier alpha value is -3.40. The average Bonchev–Trinajstić information content (AvgIpc) is 2.84. The second-order valence-electron chi connectivity index (χ2n) is 10.4. The predicted molar refractivity (Wildman–Crippen MR) is 145 cm³/mol. The van der Waals surface area contributed by atoms with Crippen LogP contribution in [0.3, 0.4) is 0 Å². The molecule has 3 N–H and O–H groups in total. The Bertz CT molecular complexity index is 985. The fourth-order valence-electron chi connectivity index (χ4n) is 3.64. The average molecular weight is 534 g/mol. The molecule has 0 spiro atoms. The van der Waals surface area contributed by atoms with E-state index < -0.39 is 53.7 Å². The fraction of sp³-hybridized carbons (Fsp3) is 0.571. The maximum atomic E-state index is 13.9. The Morgan fingerprint density at radius 3 is 2.32 bits per heavy atom. The van der Waals surface area contributed by atoms with Crippen LogP contribution in [0.1, 0.15) is 78.5 Å². The van der Waals surface area contributed by atoms with Crippen LogP contribution in [0.15, 0.2) is 30.8 Å². The van der Waals surface area contributed by atoms with Crippen LogP contribution < -0.4 is 10.6 Å². The molecular formula is C28H43N3O7. The summed E-state index contributed by atoms with van der Waals surface area (Å²) in [4.78, 5) is 53.2. The minimum Gasteiger partial charge on any atom is -0.466 e. The summed E-state index contributed by atoms with van der Waals surface area (Å²) >= 11 is 0. The van der Waals surface area contributed by atoms with Gasteiger partial charge in [-0.15, -0.1) is 0 Å². The lowest BCUT2D eigenvalue weighted by molar-refractivity contribution is -0.150. The number of esters is 1. The largest absolute Gasteiger partial charge is 0.466 e. The normalized spacial score (nSPS) is 13.1. The van der Waals surface area contributed by atoms with Gasteiger partial charge in [-0.25, -0.2) is 4.79 Å². The Morgan fingerprint density at radius 2 is 1.79 bits per heavy atom. The number of carbonyl (C=O) groups excluding carboxylic acids is 4. The van der Waals surface area contributed by atoms with Gasteiger partial charge in [0.2, 0.25) is 11.8 Å². The van der Waals surface area contributed by atoms with Crippen molar-refractivity contribution in [1.82, 2.24) is 15.5 Å². The molecular weight excluding hydrogens is 490 g/mol. The maximum Gasteiger partial charge on any atom is 0.408 e. The number of nitrogens with zero attached hydrogens (tertiary/aromatic N) is 1. The molecule has 2 atom stereocenters. The quantitative estimate of drug-likeness (QED) is 0.331. The van der Waals surface area contributed by atoms with E-state index in [0.717, 1.165) is 5.56 Å². The van der Waals surface area contributed by atoms with Crippen molar-refractivity contribution in [3.05, 3.63) is 42.0 Å². The number of hydrogen-bond donors (Lipinski definition) is 3. The van der Waals surface area contributed by atoms with Crippen LogP contribution in [0.2, 0.25) is 0 Å². The van der Waals surface area contributed by atoms with Crippen molar-refractivity contribution >= 4 is 30.0 Å². The van der Waals surface area contributed by atoms with Gasteiger partial charge in [0.25, 0.3) is 0 Å². The molecule has 0 aromatic heterocycles. The van der Waals surface area contributed by atoms with E-state index in [2.05, 4.69) is 17.2 Å². The monoisotopic (exact) mass is 533 g/mol. The summed E-state index contributed by atoms with van der Waals surface area (Å²) in [7, 11) is 0. The van der Waals surface area contributed by atoms with Crippen LogP contribution >= 0.6 is 0 Å². The standard InChI is InChI=1S/C28H43N3O7/c1-9-19-13-12-14-20(17-19)23(24(34)29-16-15-22(33)37-11-3)31(28(7,8)10-2)25(35)21(18-32)30-26(36)38-27(4,5)6/h9,12-14,17,21,23,32H,1,10-11,15-16,18H2,2-8H3,(H,29,34)(H,30,36). The van der Waals surface area contributed by atoms with Gasteiger partial charge in [0, 0.05) is 12.1 Å². The number of ether oxygens (including phenoxy) is 2. The van der Waals surface area contributed by atoms with Crippen LogP contribution in [0.5, 0.6) is 0 Å². The molecule has 10 nitrogen and oxygen atoms in total. The van der Waals surface area contributed by atoms with Crippen molar-refractivity contribution in [2.75, 3.05) is 19.8 Å². The topological polar surface area (TPSA) is 134 Å². The summed E-state index contributed by atoms with van der Waals surface area (Å²) in [6.45, 7) is 15.5. The third-order valence-corrected chi connectivity index (χ3v) is 5.83. The van der Waals surface area contributed by atoms with Crippen LogP contribution in [-0.4, -0.2) is 70.8 Å². The molecule has 0 bridgehead atoms. The van der Waals surface area contributed by atoms with Gasteiger partial charge in [0.15, 0.2) is 0 Å². The van der Waals surface area contributed by atoms with Gasteiger partial charge in [-0.3, -0.25) is 14.4 Å². The van der Waals surface area contributed by atoms with Crippen molar-refractivity contribution in [2.24, 2.45) is 0 Å². The summed E-state index contributed by atoms with van der Waals surface area (Å²) in [5.41, 5.74) is -0.464. The molecule has 212 valence electrons. The van der Waals surface area contributed by atoms with Crippen LogP contribution in [-0.2, 0) is 23.9 Å². The molecule has 10 heteroatoms. The molecule has 1 rings (SSSR count). The molecule has 1 aromatic carbocycles. The Morgan fingerprint density at radius 1 is 1.13 bits per heavy atom. The highest BCUT2D eigenvalue weighted by molar-refractivity contribution is 5.93. The highest BCUT2D eigenvalue weighted by Crippen LogP contribution is 2.32. The molecule has 1 aromatic rings. The number of amides is 3. The van der Waals surface area contributed by atoms with Crippen LogP contribution in [0, 0.1) is 0 Å². The molecule has 0 heterocycles.